The van der Waals surface area contributed by atoms with Gasteiger partial charge < -0.3 is 9.16 Å². The van der Waals surface area contributed by atoms with E-state index in [-0.39, 0.29) is 11.0 Å². The zero-order chi connectivity index (χ0) is 13.5. The van der Waals surface area contributed by atoms with Gasteiger partial charge >= 0.3 is 5.97 Å². The minimum Gasteiger partial charge on any atom is -0.466 e. The van der Waals surface area contributed by atoms with E-state index in [1.165, 1.54) is 0 Å². The summed E-state index contributed by atoms with van der Waals surface area (Å²) in [5, 5.41) is 0.266. The zero-order valence-corrected chi connectivity index (χ0v) is 13.3. The molecular weight excluding hydrogens is 232 g/mol. The lowest BCUT2D eigenvalue weighted by Crippen LogP contribution is -2.41. The molecular formula is C13H28O3Si. The first kappa shape index (κ1) is 16.6. The van der Waals surface area contributed by atoms with Crippen molar-refractivity contribution in [1.82, 2.24) is 0 Å². The molecule has 0 aromatic carbocycles. The van der Waals surface area contributed by atoms with E-state index in [2.05, 4.69) is 33.9 Å². The number of ether oxygens (including phenoxy) is 1. The molecule has 0 aliphatic rings. The average Bonchev–Trinajstić information content (AvgIpc) is 2.21. The number of esters is 1. The molecule has 0 saturated carbocycles. The molecule has 0 saturated heterocycles. The van der Waals surface area contributed by atoms with Crippen molar-refractivity contribution in [2.75, 3.05) is 13.2 Å². The highest BCUT2D eigenvalue weighted by molar-refractivity contribution is 6.74. The molecule has 17 heavy (non-hydrogen) atoms. The molecule has 0 N–H and O–H groups in total. The molecule has 0 atom stereocenters. The number of hydrogen-bond donors (Lipinski definition) is 0. The molecule has 0 heterocycles. The van der Waals surface area contributed by atoms with Gasteiger partial charge in [-0.15, -0.1) is 0 Å². The van der Waals surface area contributed by atoms with E-state index in [4.69, 9.17) is 9.16 Å². The van der Waals surface area contributed by atoms with Crippen molar-refractivity contribution in [3.63, 3.8) is 0 Å². The monoisotopic (exact) mass is 260 g/mol. The van der Waals surface area contributed by atoms with Gasteiger partial charge in [0.2, 0.25) is 0 Å². The van der Waals surface area contributed by atoms with Crippen LogP contribution in [0.25, 0.3) is 0 Å². The van der Waals surface area contributed by atoms with Gasteiger partial charge in [-0.2, -0.15) is 0 Å². The quantitative estimate of drug-likeness (QED) is 0.397. The highest BCUT2D eigenvalue weighted by atomic mass is 28.4. The fourth-order valence-corrected chi connectivity index (χ4v) is 2.12. The summed E-state index contributed by atoms with van der Waals surface area (Å²) in [6.45, 7) is 14.3. The Balaban J connectivity index is 3.62. The van der Waals surface area contributed by atoms with Crippen LogP contribution in [0.4, 0.5) is 0 Å². The van der Waals surface area contributed by atoms with Gasteiger partial charge in [0.1, 0.15) is 0 Å². The Kier molecular flexibility index (Phi) is 7.01. The third kappa shape index (κ3) is 6.84. The molecule has 0 aromatic heterocycles. The summed E-state index contributed by atoms with van der Waals surface area (Å²) in [6.07, 6.45) is 2.31. The molecule has 0 bridgehead atoms. The van der Waals surface area contributed by atoms with Gasteiger partial charge in [0.15, 0.2) is 8.32 Å². The first-order chi connectivity index (χ1) is 7.70. The van der Waals surface area contributed by atoms with Crippen LogP contribution in [0.15, 0.2) is 0 Å². The Morgan fingerprint density at radius 3 is 2.12 bits per heavy atom. The Labute approximate surface area is 107 Å². The largest absolute Gasteiger partial charge is 0.466 e. The lowest BCUT2D eigenvalue weighted by molar-refractivity contribution is -0.143. The van der Waals surface area contributed by atoms with Crippen LogP contribution in [-0.4, -0.2) is 27.5 Å². The molecule has 0 fully saturated rings. The van der Waals surface area contributed by atoms with E-state index in [1.807, 2.05) is 6.92 Å². The lowest BCUT2D eigenvalue weighted by Gasteiger charge is -2.36. The molecule has 102 valence electrons. The van der Waals surface area contributed by atoms with E-state index in [9.17, 15) is 4.79 Å². The lowest BCUT2D eigenvalue weighted by atomic mass is 10.2. The van der Waals surface area contributed by atoms with E-state index in [0.29, 0.717) is 13.0 Å². The van der Waals surface area contributed by atoms with Gasteiger partial charge in [0.05, 0.1) is 6.61 Å². The average molecular weight is 260 g/mol. The molecule has 0 unspecified atom stereocenters. The molecule has 0 aliphatic carbocycles. The van der Waals surface area contributed by atoms with E-state index in [1.54, 1.807) is 0 Å². The molecule has 0 radical (unpaired) electrons. The standard InChI is InChI=1S/C13H28O3Si/c1-7-12(14)15-10-8-9-11-16-17(5,6)13(2,3)4/h7-11H2,1-6H3. The van der Waals surface area contributed by atoms with Gasteiger partial charge in [-0.1, -0.05) is 27.7 Å². The summed E-state index contributed by atoms with van der Waals surface area (Å²) < 4.78 is 11.0. The first-order valence-corrected chi connectivity index (χ1v) is 9.41. The second-order valence-corrected chi connectivity index (χ2v) is 10.7. The SMILES string of the molecule is CCC(=O)OCCCCO[Si](C)(C)C(C)(C)C. The summed E-state index contributed by atoms with van der Waals surface area (Å²) in [4.78, 5) is 10.9. The van der Waals surface area contributed by atoms with E-state index in [0.717, 1.165) is 19.4 Å². The number of carbonyl (C=O) groups is 1. The maximum absolute atomic E-state index is 10.9. The second-order valence-electron chi connectivity index (χ2n) is 5.89. The van der Waals surface area contributed by atoms with Gasteiger partial charge in [-0.3, -0.25) is 4.79 Å². The smallest absolute Gasteiger partial charge is 0.305 e. The van der Waals surface area contributed by atoms with Crippen molar-refractivity contribution in [1.29, 1.82) is 0 Å². The Bertz CT molecular complexity index is 231. The summed E-state index contributed by atoms with van der Waals surface area (Å²) in [5.74, 6) is -0.115. The molecule has 0 amide bonds. The fraction of sp³-hybridized carbons (Fsp3) is 0.923. The maximum atomic E-state index is 10.9. The third-order valence-electron chi connectivity index (χ3n) is 3.36. The summed E-state index contributed by atoms with van der Waals surface area (Å²) in [7, 11) is -1.60. The summed E-state index contributed by atoms with van der Waals surface area (Å²) in [5.41, 5.74) is 0. The van der Waals surface area contributed by atoms with Gasteiger partial charge in [0.25, 0.3) is 0 Å². The van der Waals surface area contributed by atoms with Crippen molar-refractivity contribution in [2.24, 2.45) is 0 Å². The van der Waals surface area contributed by atoms with Crippen LogP contribution in [0.2, 0.25) is 18.1 Å². The predicted octanol–water partition coefficient (Wildman–Crippen LogP) is 3.74. The molecule has 3 nitrogen and oxygen atoms in total. The Morgan fingerprint density at radius 1 is 1.12 bits per heavy atom. The fourth-order valence-electron chi connectivity index (χ4n) is 1.04. The van der Waals surface area contributed by atoms with Gasteiger partial charge in [-0.05, 0) is 31.0 Å². The third-order valence-corrected chi connectivity index (χ3v) is 7.90. The summed E-state index contributed by atoms with van der Waals surface area (Å²) >= 11 is 0. The van der Waals surface area contributed by atoms with Crippen molar-refractivity contribution >= 4 is 14.3 Å². The number of rotatable bonds is 7. The van der Waals surface area contributed by atoms with Crippen molar-refractivity contribution in [3.8, 4) is 0 Å². The maximum Gasteiger partial charge on any atom is 0.305 e. The Morgan fingerprint density at radius 2 is 1.65 bits per heavy atom. The highest BCUT2D eigenvalue weighted by Gasteiger charge is 2.36. The van der Waals surface area contributed by atoms with Crippen LogP contribution >= 0.6 is 0 Å². The van der Waals surface area contributed by atoms with Crippen LogP contribution in [0.5, 0.6) is 0 Å². The molecule has 0 spiro atoms. The number of hydrogen-bond acceptors (Lipinski definition) is 3. The topological polar surface area (TPSA) is 35.5 Å². The molecule has 4 heteroatoms. The van der Waals surface area contributed by atoms with Crippen LogP contribution in [-0.2, 0) is 14.0 Å². The van der Waals surface area contributed by atoms with Crippen molar-refractivity contribution in [2.45, 2.75) is 65.1 Å². The minimum atomic E-state index is -1.60. The predicted molar refractivity (Wildman–Crippen MR) is 73.6 cm³/mol. The van der Waals surface area contributed by atoms with Crippen LogP contribution in [0.1, 0.15) is 47.0 Å². The van der Waals surface area contributed by atoms with Crippen LogP contribution in [0, 0.1) is 0 Å². The first-order valence-electron chi connectivity index (χ1n) is 6.50. The number of unbranched alkanes of at least 4 members (excludes halogenated alkanes) is 1. The second kappa shape index (κ2) is 7.16. The van der Waals surface area contributed by atoms with Crippen LogP contribution < -0.4 is 0 Å². The molecule has 0 rings (SSSR count). The minimum absolute atomic E-state index is 0.115. The van der Waals surface area contributed by atoms with Gasteiger partial charge in [-0.25, -0.2) is 0 Å². The van der Waals surface area contributed by atoms with Crippen molar-refractivity contribution < 1.29 is 14.0 Å². The van der Waals surface area contributed by atoms with E-state index < -0.39 is 8.32 Å². The van der Waals surface area contributed by atoms with Crippen LogP contribution in [0.3, 0.4) is 0 Å². The highest BCUT2D eigenvalue weighted by Crippen LogP contribution is 2.36. The normalized spacial score (nSPS) is 12.6. The Hall–Kier alpha value is -0.353. The molecule has 0 aromatic rings. The summed E-state index contributed by atoms with van der Waals surface area (Å²) in [6, 6.07) is 0. The zero-order valence-electron chi connectivity index (χ0n) is 12.3. The number of carbonyl (C=O) groups excluding carboxylic acids is 1. The van der Waals surface area contributed by atoms with Gasteiger partial charge in [0, 0.05) is 13.0 Å². The van der Waals surface area contributed by atoms with Crippen molar-refractivity contribution in [3.05, 3.63) is 0 Å². The van der Waals surface area contributed by atoms with E-state index >= 15 is 0 Å². The molecule has 0 aliphatic heterocycles.